The first kappa shape index (κ1) is 18.1. The van der Waals surface area contributed by atoms with E-state index < -0.39 is 0 Å². The van der Waals surface area contributed by atoms with Crippen LogP contribution in [-0.4, -0.2) is 89.7 Å². The number of H-pyrrole nitrogens is 1. The number of rotatable bonds is 4. The summed E-state index contributed by atoms with van der Waals surface area (Å²) in [4.78, 5) is 28.2. The maximum Gasteiger partial charge on any atom is 0.269 e. The number of piperidine rings is 1. The Morgan fingerprint density at radius 1 is 1.30 bits per heavy atom. The Bertz CT molecular complexity index is 790. The number of amides is 1. The average molecular weight is 372 g/mol. The highest BCUT2D eigenvalue weighted by atomic mass is 16.2. The summed E-state index contributed by atoms with van der Waals surface area (Å²) in [7, 11) is 3.46. The van der Waals surface area contributed by atoms with Crippen LogP contribution in [0.15, 0.2) is 12.3 Å². The predicted molar refractivity (Wildman–Crippen MR) is 105 cm³/mol. The summed E-state index contributed by atoms with van der Waals surface area (Å²) in [6.07, 6.45) is 4.11. The Hall–Kier alpha value is -2.23. The average Bonchev–Trinajstić information content (AvgIpc) is 3.12. The van der Waals surface area contributed by atoms with Gasteiger partial charge in [0.2, 0.25) is 5.95 Å². The molecule has 2 saturated heterocycles. The summed E-state index contributed by atoms with van der Waals surface area (Å²) < 4.78 is 0. The second-order valence-electron chi connectivity index (χ2n) is 7.50. The number of piperazine rings is 1. The lowest BCUT2D eigenvalue weighted by atomic mass is 10.0. The number of carbonyl (C=O) groups is 1. The van der Waals surface area contributed by atoms with Gasteiger partial charge in [-0.25, -0.2) is 4.98 Å². The smallest absolute Gasteiger partial charge is 0.269 e. The molecule has 2 fully saturated rings. The molecule has 9 nitrogen and oxygen atoms in total. The van der Waals surface area contributed by atoms with Crippen LogP contribution in [0.3, 0.4) is 0 Å². The molecule has 27 heavy (non-hydrogen) atoms. The van der Waals surface area contributed by atoms with Crippen LogP contribution in [0.5, 0.6) is 0 Å². The molecule has 0 saturated carbocycles. The normalized spacial score (nSPS) is 24.1. The summed E-state index contributed by atoms with van der Waals surface area (Å²) in [6, 6.07) is 2.40. The van der Waals surface area contributed by atoms with E-state index in [1.54, 1.807) is 26.4 Å². The van der Waals surface area contributed by atoms with Gasteiger partial charge in [-0.1, -0.05) is 0 Å². The molecule has 0 spiro atoms. The molecule has 9 heteroatoms. The third-order valence-electron chi connectivity index (χ3n) is 5.37. The van der Waals surface area contributed by atoms with Crippen molar-refractivity contribution < 1.29 is 4.79 Å². The monoisotopic (exact) mass is 372 g/mol. The number of hydrogen-bond donors (Lipinski definition) is 4. The second-order valence-corrected chi connectivity index (χ2v) is 7.50. The van der Waals surface area contributed by atoms with E-state index in [2.05, 4.69) is 35.8 Å². The first-order valence-electron chi connectivity index (χ1n) is 9.62. The number of aromatic nitrogens is 3. The van der Waals surface area contributed by atoms with E-state index >= 15 is 0 Å². The van der Waals surface area contributed by atoms with Crippen molar-refractivity contribution in [2.24, 2.45) is 0 Å². The van der Waals surface area contributed by atoms with Gasteiger partial charge in [0.25, 0.3) is 5.91 Å². The zero-order chi connectivity index (χ0) is 18.8. The van der Waals surface area contributed by atoms with Gasteiger partial charge in [-0.3, -0.25) is 15.0 Å². The molecule has 0 radical (unpaired) electrons. The van der Waals surface area contributed by atoms with Gasteiger partial charge in [0.05, 0.1) is 6.17 Å². The number of anilines is 1. The number of hydrogen-bond acceptors (Lipinski definition) is 7. The highest BCUT2D eigenvalue weighted by Gasteiger charge is 2.26. The van der Waals surface area contributed by atoms with Gasteiger partial charge in [0, 0.05) is 64.4 Å². The van der Waals surface area contributed by atoms with Crippen LogP contribution in [0.4, 0.5) is 5.95 Å². The molecular formula is C18H28N8O. The molecule has 2 aliphatic rings. The molecule has 0 aromatic carbocycles. The third kappa shape index (κ3) is 4.05. The van der Waals surface area contributed by atoms with Crippen molar-refractivity contribution in [2.45, 2.75) is 25.0 Å². The number of carbonyl (C=O) groups excluding carboxylic acids is 1. The fourth-order valence-corrected chi connectivity index (χ4v) is 3.82. The lowest BCUT2D eigenvalue weighted by Crippen LogP contribution is -2.56. The van der Waals surface area contributed by atoms with Crippen molar-refractivity contribution in [1.82, 2.24) is 35.4 Å². The quantitative estimate of drug-likeness (QED) is 0.602. The molecule has 2 aliphatic heterocycles. The Morgan fingerprint density at radius 3 is 2.81 bits per heavy atom. The minimum absolute atomic E-state index is 0.0737. The Morgan fingerprint density at radius 2 is 2.11 bits per heavy atom. The molecule has 4 rings (SSSR count). The van der Waals surface area contributed by atoms with Crippen molar-refractivity contribution in [3.05, 3.63) is 18.0 Å². The molecule has 146 valence electrons. The van der Waals surface area contributed by atoms with Gasteiger partial charge in [0.15, 0.2) is 0 Å². The van der Waals surface area contributed by atoms with E-state index in [0.717, 1.165) is 51.0 Å². The molecule has 1 amide bonds. The zero-order valence-electron chi connectivity index (χ0n) is 16.0. The second kappa shape index (κ2) is 7.79. The highest BCUT2D eigenvalue weighted by molar-refractivity contribution is 5.96. The van der Waals surface area contributed by atoms with Gasteiger partial charge in [-0.2, -0.15) is 4.98 Å². The summed E-state index contributed by atoms with van der Waals surface area (Å²) >= 11 is 0. The maximum absolute atomic E-state index is 12.1. The van der Waals surface area contributed by atoms with Crippen LogP contribution in [0.2, 0.25) is 0 Å². The van der Waals surface area contributed by atoms with E-state index in [1.807, 2.05) is 0 Å². The van der Waals surface area contributed by atoms with E-state index in [-0.39, 0.29) is 12.1 Å². The van der Waals surface area contributed by atoms with Crippen LogP contribution >= 0.6 is 0 Å². The summed E-state index contributed by atoms with van der Waals surface area (Å²) in [5, 5.41) is 11.2. The minimum atomic E-state index is -0.0737. The van der Waals surface area contributed by atoms with E-state index in [9.17, 15) is 4.79 Å². The van der Waals surface area contributed by atoms with Crippen molar-refractivity contribution in [3.63, 3.8) is 0 Å². The molecule has 4 heterocycles. The van der Waals surface area contributed by atoms with Crippen molar-refractivity contribution in [2.75, 3.05) is 52.1 Å². The summed E-state index contributed by atoms with van der Waals surface area (Å²) in [5.41, 5.74) is 1.20. The van der Waals surface area contributed by atoms with Crippen LogP contribution in [0.25, 0.3) is 11.0 Å². The number of aromatic amines is 1. The molecule has 0 aliphatic carbocycles. The molecule has 2 atom stereocenters. The molecule has 2 unspecified atom stereocenters. The summed E-state index contributed by atoms with van der Waals surface area (Å²) in [6.45, 7) is 5.40. The Balaban J connectivity index is 1.37. The van der Waals surface area contributed by atoms with Gasteiger partial charge in [0.1, 0.15) is 11.3 Å². The fourth-order valence-electron chi connectivity index (χ4n) is 3.82. The van der Waals surface area contributed by atoms with Gasteiger partial charge < -0.3 is 20.5 Å². The third-order valence-corrected chi connectivity index (χ3v) is 5.37. The largest absolute Gasteiger partial charge is 0.344 e. The standard InChI is InChI=1S/C18H28N8O/c1-25(2)17(27)14-9-12-10-21-18(24-16(12)22-14)23-15-4-3-13(11-20-15)26-7-5-19-6-8-26/h9-10,13,15,19-20H,3-8,11H2,1-2H3,(H2,21,22,23,24). The van der Waals surface area contributed by atoms with E-state index in [4.69, 9.17) is 0 Å². The molecule has 2 aromatic rings. The van der Waals surface area contributed by atoms with Crippen LogP contribution < -0.4 is 16.0 Å². The Labute approximate surface area is 158 Å². The first-order chi connectivity index (χ1) is 13.1. The Kier molecular flexibility index (Phi) is 5.24. The van der Waals surface area contributed by atoms with Crippen LogP contribution in [-0.2, 0) is 0 Å². The first-order valence-corrected chi connectivity index (χ1v) is 9.62. The van der Waals surface area contributed by atoms with Crippen molar-refractivity contribution in [3.8, 4) is 0 Å². The maximum atomic E-state index is 12.1. The zero-order valence-corrected chi connectivity index (χ0v) is 16.0. The molecule has 2 aromatic heterocycles. The number of fused-ring (bicyclic) bond motifs is 1. The van der Waals surface area contributed by atoms with Crippen molar-refractivity contribution in [1.29, 1.82) is 0 Å². The molecular weight excluding hydrogens is 344 g/mol. The fraction of sp³-hybridized carbons (Fsp3) is 0.611. The van der Waals surface area contributed by atoms with E-state index in [0.29, 0.717) is 23.3 Å². The molecule has 4 N–H and O–H groups in total. The van der Waals surface area contributed by atoms with Crippen LogP contribution in [0.1, 0.15) is 23.3 Å². The predicted octanol–water partition coefficient (Wildman–Crippen LogP) is 0.0549. The lowest BCUT2D eigenvalue weighted by Gasteiger charge is -2.39. The topological polar surface area (TPSA) is 101 Å². The summed E-state index contributed by atoms with van der Waals surface area (Å²) in [5.74, 6) is 0.502. The van der Waals surface area contributed by atoms with Crippen molar-refractivity contribution >= 4 is 22.9 Å². The highest BCUT2D eigenvalue weighted by Crippen LogP contribution is 2.18. The number of nitrogens with zero attached hydrogens (tertiary/aromatic N) is 4. The number of nitrogens with one attached hydrogen (secondary N) is 4. The van der Waals surface area contributed by atoms with Gasteiger partial charge in [-0.05, 0) is 18.9 Å². The van der Waals surface area contributed by atoms with Gasteiger partial charge in [-0.15, -0.1) is 0 Å². The minimum Gasteiger partial charge on any atom is -0.344 e. The lowest BCUT2D eigenvalue weighted by molar-refractivity contribution is 0.0823. The SMILES string of the molecule is CN(C)C(=O)c1cc2cnc(NC3CCC(N4CCNCC4)CN3)nc2[nH]1. The van der Waals surface area contributed by atoms with E-state index in [1.165, 1.54) is 4.90 Å². The van der Waals surface area contributed by atoms with Gasteiger partial charge >= 0.3 is 0 Å². The molecule has 0 bridgehead atoms. The van der Waals surface area contributed by atoms with Crippen LogP contribution in [0, 0.1) is 0 Å².